The molecular weight excluding hydrogens is 405 g/mol. The fraction of sp³-hybridized carbons (Fsp3) is 0.316. The number of benzene rings is 2. The molecule has 9 heteroatoms. The number of amides is 2. The van der Waals surface area contributed by atoms with Crippen molar-refractivity contribution in [1.82, 2.24) is 14.5 Å². The number of carbonyl (C=O) groups is 1. The van der Waals surface area contributed by atoms with Crippen LogP contribution in [0.15, 0.2) is 53.4 Å². The minimum atomic E-state index is -3.62. The molecule has 0 aliphatic carbocycles. The highest BCUT2D eigenvalue weighted by molar-refractivity contribution is 7.89. The fourth-order valence-electron chi connectivity index (χ4n) is 3.00. The Kier molecular flexibility index (Phi) is 6.22. The Bertz CT molecular complexity index is 928. The van der Waals surface area contributed by atoms with Gasteiger partial charge in [-0.25, -0.2) is 17.6 Å². The lowest BCUT2D eigenvalue weighted by Gasteiger charge is -2.34. The van der Waals surface area contributed by atoms with Crippen LogP contribution in [0.3, 0.4) is 0 Å². The van der Waals surface area contributed by atoms with Gasteiger partial charge in [-0.2, -0.15) is 4.31 Å². The molecule has 0 saturated carbocycles. The standard InChI is InChI=1S/C19H21ClFN3O3S/c1-14(15-2-6-17(21)7-3-15)22-19(25)23-10-12-24(13-11-23)28(26,27)18-8-4-16(20)5-9-18/h2-9,14H,10-13H2,1H3,(H,22,25). The maximum Gasteiger partial charge on any atom is 0.317 e. The average molecular weight is 426 g/mol. The first-order valence-corrected chi connectivity index (χ1v) is 10.7. The SMILES string of the molecule is CC(NC(=O)N1CCN(S(=O)(=O)c2ccc(Cl)cc2)CC1)c1ccc(F)cc1. The average Bonchev–Trinajstić information content (AvgIpc) is 2.69. The van der Waals surface area contributed by atoms with Crippen molar-refractivity contribution < 1.29 is 17.6 Å². The van der Waals surface area contributed by atoms with Gasteiger partial charge in [0.05, 0.1) is 10.9 Å². The van der Waals surface area contributed by atoms with Gasteiger partial charge in [-0.1, -0.05) is 23.7 Å². The summed E-state index contributed by atoms with van der Waals surface area (Å²) in [6.07, 6.45) is 0. The van der Waals surface area contributed by atoms with Crippen molar-refractivity contribution in [3.05, 3.63) is 64.9 Å². The first kappa shape index (κ1) is 20.6. The van der Waals surface area contributed by atoms with Gasteiger partial charge in [0.15, 0.2) is 0 Å². The summed E-state index contributed by atoms with van der Waals surface area (Å²) in [6.45, 7) is 2.81. The predicted molar refractivity (Wildman–Crippen MR) is 105 cm³/mol. The number of nitrogens with zero attached hydrogens (tertiary/aromatic N) is 2. The fourth-order valence-corrected chi connectivity index (χ4v) is 4.55. The zero-order valence-corrected chi connectivity index (χ0v) is 16.9. The molecule has 2 amide bonds. The van der Waals surface area contributed by atoms with E-state index in [9.17, 15) is 17.6 Å². The van der Waals surface area contributed by atoms with Crippen molar-refractivity contribution in [1.29, 1.82) is 0 Å². The number of hydrogen-bond donors (Lipinski definition) is 1. The largest absolute Gasteiger partial charge is 0.331 e. The van der Waals surface area contributed by atoms with Gasteiger partial charge in [0, 0.05) is 31.2 Å². The second kappa shape index (κ2) is 8.46. The summed E-state index contributed by atoms with van der Waals surface area (Å²) in [5.74, 6) is -0.333. The Labute approximate surface area is 168 Å². The summed E-state index contributed by atoms with van der Waals surface area (Å²) < 4.78 is 39.8. The van der Waals surface area contributed by atoms with Gasteiger partial charge in [0.1, 0.15) is 5.82 Å². The summed E-state index contributed by atoms with van der Waals surface area (Å²) in [5.41, 5.74) is 0.790. The van der Waals surface area contributed by atoms with Crippen molar-refractivity contribution >= 4 is 27.7 Å². The van der Waals surface area contributed by atoms with E-state index < -0.39 is 10.0 Å². The molecular formula is C19H21ClFN3O3S. The Morgan fingerprint density at radius 2 is 1.61 bits per heavy atom. The molecule has 1 N–H and O–H groups in total. The zero-order valence-electron chi connectivity index (χ0n) is 15.3. The highest BCUT2D eigenvalue weighted by atomic mass is 35.5. The minimum Gasteiger partial charge on any atom is -0.331 e. The molecule has 1 aliphatic heterocycles. The monoisotopic (exact) mass is 425 g/mol. The number of halogens is 2. The second-order valence-corrected chi connectivity index (χ2v) is 8.94. The highest BCUT2D eigenvalue weighted by Crippen LogP contribution is 2.20. The number of hydrogen-bond acceptors (Lipinski definition) is 3. The molecule has 1 heterocycles. The first-order chi connectivity index (χ1) is 13.3. The van der Waals surface area contributed by atoms with Crippen LogP contribution in [0.1, 0.15) is 18.5 Å². The van der Waals surface area contributed by atoms with Crippen LogP contribution >= 0.6 is 11.6 Å². The van der Waals surface area contributed by atoms with Crippen molar-refractivity contribution in [2.45, 2.75) is 17.9 Å². The van der Waals surface area contributed by atoms with Gasteiger partial charge in [0.2, 0.25) is 10.0 Å². The lowest BCUT2D eigenvalue weighted by molar-refractivity contribution is 0.169. The van der Waals surface area contributed by atoms with Crippen LogP contribution in [0.4, 0.5) is 9.18 Å². The molecule has 0 aromatic heterocycles. The molecule has 3 rings (SSSR count). The normalized spacial score (nSPS) is 16.6. The quantitative estimate of drug-likeness (QED) is 0.817. The van der Waals surface area contributed by atoms with E-state index in [1.54, 1.807) is 17.0 Å². The van der Waals surface area contributed by atoms with E-state index in [1.807, 2.05) is 6.92 Å². The molecule has 6 nitrogen and oxygen atoms in total. The summed E-state index contributed by atoms with van der Waals surface area (Å²) in [7, 11) is -3.62. The molecule has 1 atom stereocenters. The van der Waals surface area contributed by atoms with Gasteiger partial charge in [0.25, 0.3) is 0 Å². The van der Waals surface area contributed by atoms with Crippen LogP contribution in [-0.4, -0.2) is 49.8 Å². The Hall–Kier alpha value is -2.16. The van der Waals surface area contributed by atoms with Gasteiger partial charge in [-0.05, 0) is 48.9 Å². The van der Waals surface area contributed by atoms with Crippen molar-refractivity contribution in [3.8, 4) is 0 Å². The van der Waals surface area contributed by atoms with E-state index in [0.29, 0.717) is 5.02 Å². The zero-order chi connectivity index (χ0) is 20.3. The van der Waals surface area contributed by atoms with Crippen LogP contribution < -0.4 is 5.32 Å². The van der Waals surface area contributed by atoms with E-state index in [0.717, 1.165) is 5.56 Å². The van der Waals surface area contributed by atoms with Crippen LogP contribution in [-0.2, 0) is 10.0 Å². The van der Waals surface area contributed by atoms with Crippen LogP contribution in [0, 0.1) is 5.82 Å². The molecule has 28 heavy (non-hydrogen) atoms. The number of rotatable bonds is 4. The molecule has 0 bridgehead atoms. The van der Waals surface area contributed by atoms with E-state index in [1.165, 1.54) is 40.7 Å². The van der Waals surface area contributed by atoms with Gasteiger partial charge >= 0.3 is 6.03 Å². The number of carbonyl (C=O) groups excluding carboxylic acids is 1. The molecule has 2 aromatic rings. The molecule has 150 valence electrons. The maximum atomic E-state index is 13.0. The minimum absolute atomic E-state index is 0.180. The Morgan fingerprint density at radius 1 is 1.04 bits per heavy atom. The van der Waals surface area contributed by atoms with Crippen molar-refractivity contribution in [2.24, 2.45) is 0 Å². The van der Waals surface area contributed by atoms with E-state index >= 15 is 0 Å². The molecule has 1 unspecified atom stereocenters. The third kappa shape index (κ3) is 4.63. The maximum absolute atomic E-state index is 13.0. The predicted octanol–water partition coefficient (Wildman–Crippen LogP) is 3.26. The second-order valence-electron chi connectivity index (χ2n) is 6.57. The molecule has 0 radical (unpaired) electrons. The summed E-state index contributed by atoms with van der Waals surface area (Å²) in [6, 6.07) is 11.4. The number of nitrogens with one attached hydrogen (secondary N) is 1. The molecule has 1 fully saturated rings. The number of piperazine rings is 1. The highest BCUT2D eigenvalue weighted by Gasteiger charge is 2.30. The Morgan fingerprint density at radius 3 is 2.18 bits per heavy atom. The third-order valence-electron chi connectivity index (χ3n) is 4.69. The lowest BCUT2D eigenvalue weighted by Crippen LogP contribution is -2.53. The van der Waals surface area contributed by atoms with Crippen LogP contribution in [0.5, 0.6) is 0 Å². The smallest absolute Gasteiger partial charge is 0.317 e. The molecule has 1 aliphatic rings. The lowest BCUT2D eigenvalue weighted by atomic mass is 10.1. The summed E-state index contributed by atoms with van der Waals surface area (Å²) in [5, 5.41) is 3.33. The van der Waals surface area contributed by atoms with Gasteiger partial charge in [-0.3, -0.25) is 0 Å². The van der Waals surface area contributed by atoms with E-state index in [2.05, 4.69) is 5.32 Å². The van der Waals surface area contributed by atoms with Crippen LogP contribution in [0.25, 0.3) is 0 Å². The number of sulfonamides is 1. The topological polar surface area (TPSA) is 69.7 Å². The first-order valence-electron chi connectivity index (χ1n) is 8.84. The molecule has 0 spiro atoms. The summed E-state index contributed by atoms with van der Waals surface area (Å²) in [4.78, 5) is 14.2. The van der Waals surface area contributed by atoms with Gasteiger partial charge < -0.3 is 10.2 Å². The van der Waals surface area contributed by atoms with Crippen molar-refractivity contribution in [3.63, 3.8) is 0 Å². The van der Waals surface area contributed by atoms with Gasteiger partial charge in [-0.15, -0.1) is 0 Å². The third-order valence-corrected chi connectivity index (χ3v) is 6.85. The molecule has 1 saturated heterocycles. The van der Waals surface area contributed by atoms with E-state index in [-0.39, 0.29) is 49.0 Å². The van der Waals surface area contributed by atoms with E-state index in [4.69, 9.17) is 11.6 Å². The molecule has 2 aromatic carbocycles. The number of urea groups is 1. The Balaban J connectivity index is 1.57. The van der Waals surface area contributed by atoms with Crippen LogP contribution in [0.2, 0.25) is 5.02 Å². The summed E-state index contributed by atoms with van der Waals surface area (Å²) >= 11 is 5.82. The van der Waals surface area contributed by atoms with Crippen molar-refractivity contribution in [2.75, 3.05) is 26.2 Å².